The number of aliphatic hydroxyl groups is 1. The number of hydrogen-bond acceptors (Lipinski definition) is 3. The molecule has 0 saturated heterocycles. The van der Waals surface area contributed by atoms with Crippen molar-refractivity contribution in [3.05, 3.63) is 18.7 Å². The summed E-state index contributed by atoms with van der Waals surface area (Å²) in [5, 5.41) is 12.6. The fourth-order valence-electron chi connectivity index (χ4n) is 1.72. The Bertz CT molecular complexity index is 261. The molecule has 1 rings (SSSR count). The van der Waals surface area contributed by atoms with Gasteiger partial charge >= 0.3 is 0 Å². The molecule has 86 valence electrons. The van der Waals surface area contributed by atoms with Gasteiger partial charge in [0.2, 0.25) is 0 Å². The van der Waals surface area contributed by atoms with Crippen LogP contribution in [0.3, 0.4) is 0 Å². The average molecular weight is 211 g/mol. The zero-order valence-corrected chi connectivity index (χ0v) is 9.61. The number of nitrogens with one attached hydrogen (secondary N) is 1. The molecule has 4 nitrogen and oxygen atoms in total. The fraction of sp³-hybridized carbons (Fsp3) is 0.727. The van der Waals surface area contributed by atoms with Crippen molar-refractivity contribution in [3.8, 4) is 0 Å². The minimum absolute atomic E-state index is 0.144. The molecule has 1 heterocycles. The highest BCUT2D eigenvalue weighted by Crippen LogP contribution is 2.12. The molecule has 0 spiro atoms. The van der Waals surface area contributed by atoms with Gasteiger partial charge in [-0.2, -0.15) is 0 Å². The van der Waals surface area contributed by atoms with Gasteiger partial charge in [-0.1, -0.05) is 6.92 Å². The Morgan fingerprint density at radius 1 is 1.53 bits per heavy atom. The Hall–Kier alpha value is -0.870. The van der Waals surface area contributed by atoms with Gasteiger partial charge in [-0.3, -0.25) is 0 Å². The quantitative estimate of drug-likeness (QED) is 0.708. The zero-order valence-electron chi connectivity index (χ0n) is 9.61. The highest BCUT2D eigenvalue weighted by Gasteiger charge is 2.20. The van der Waals surface area contributed by atoms with Crippen LogP contribution in [-0.2, 0) is 6.54 Å². The smallest absolute Gasteiger partial charge is 0.0945 e. The predicted octanol–water partition coefficient (Wildman–Crippen LogP) is 1.02. The molecular formula is C11H21N3O. The normalized spacial score (nSPS) is 15.1. The van der Waals surface area contributed by atoms with Gasteiger partial charge < -0.3 is 15.0 Å². The number of hydrogen-bond donors (Lipinski definition) is 2. The molecule has 4 heteroatoms. The Morgan fingerprint density at radius 2 is 2.33 bits per heavy atom. The predicted molar refractivity (Wildman–Crippen MR) is 60.6 cm³/mol. The number of rotatable bonds is 7. The van der Waals surface area contributed by atoms with Crippen molar-refractivity contribution >= 4 is 0 Å². The Kier molecular flexibility index (Phi) is 4.78. The maximum Gasteiger partial charge on any atom is 0.0945 e. The first-order valence-corrected chi connectivity index (χ1v) is 5.52. The van der Waals surface area contributed by atoms with Crippen molar-refractivity contribution in [3.63, 3.8) is 0 Å². The Labute approximate surface area is 91.3 Å². The van der Waals surface area contributed by atoms with Gasteiger partial charge in [0, 0.05) is 24.5 Å². The van der Waals surface area contributed by atoms with Crippen molar-refractivity contribution in [2.75, 3.05) is 13.2 Å². The second kappa shape index (κ2) is 5.88. The third kappa shape index (κ3) is 4.01. The molecule has 2 N–H and O–H groups in total. The van der Waals surface area contributed by atoms with Crippen LogP contribution in [0.5, 0.6) is 0 Å². The lowest BCUT2D eigenvalue weighted by Crippen LogP contribution is -2.45. The van der Waals surface area contributed by atoms with Crippen LogP contribution >= 0.6 is 0 Å². The summed E-state index contributed by atoms with van der Waals surface area (Å²) in [6.45, 7) is 6.15. The first-order chi connectivity index (χ1) is 7.20. The number of aromatic nitrogens is 2. The summed E-state index contributed by atoms with van der Waals surface area (Å²) in [4.78, 5) is 3.99. The van der Waals surface area contributed by atoms with E-state index in [1.807, 2.05) is 12.5 Å². The molecule has 1 aromatic heterocycles. The average Bonchev–Trinajstić information content (AvgIpc) is 2.71. The van der Waals surface area contributed by atoms with Crippen molar-refractivity contribution in [1.82, 2.24) is 14.9 Å². The summed E-state index contributed by atoms with van der Waals surface area (Å²) in [7, 11) is 0. The second-order valence-electron chi connectivity index (χ2n) is 4.15. The number of aryl methyl sites for hydroxylation is 1. The van der Waals surface area contributed by atoms with Gasteiger partial charge in [-0.15, -0.1) is 0 Å². The molecule has 1 unspecified atom stereocenters. The Morgan fingerprint density at radius 3 is 2.87 bits per heavy atom. The van der Waals surface area contributed by atoms with Crippen LogP contribution in [0, 0.1) is 0 Å². The molecule has 0 bridgehead atoms. The maximum absolute atomic E-state index is 9.29. The molecule has 0 fully saturated rings. The van der Waals surface area contributed by atoms with Gasteiger partial charge in [0.15, 0.2) is 0 Å². The standard InChI is InChI=1S/C11H21N3O/c1-3-13-11(2,9-15)5-4-7-14-8-6-12-10-14/h6,8,10,13,15H,3-5,7,9H2,1-2H3. The topological polar surface area (TPSA) is 50.1 Å². The van der Waals surface area contributed by atoms with E-state index in [0.717, 1.165) is 25.9 Å². The third-order valence-electron chi connectivity index (χ3n) is 2.66. The van der Waals surface area contributed by atoms with Crippen molar-refractivity contribution < 1.29 is 5.11 Å². The van der Waals surface area contributed by atoms with Gasteiger partial charge in [-0.25, -0.2) is 4.98 Å². The highest BCUT2D eigenvalue weighted by atomic mass is 16.3. The summed E-state index contributed by atoms with van der Waals surface area (Å²) in [6, 6.07) is 0. The van der Waals surface area contributed by atoms with Crippen LogP contribution in [0.4, 0.5) is 0 Å². The lowest BCUT2D eigenvalue weighted by atomic mass is 9.97. The maximum atomic E-state index is 9.29. The number of imidazole rings is 1. The molecule has 0 radical (unpaired) electrons. The second-order valence-corrected chi connectivity index (χ2v) is 4.15. The van der Waals surface area contributed by atoms with Crippen molar-refractivity contribution in [1.29, 1.82) is 0 Å². The highest BCUT2D eigenvalue weighted by molar-refractivity contribution is 4.82. The monoisotopic (exact) mass is 211 g/mol. The van der Waals surface area contributed by atoms with E-state index in [9.17, 15) is 5.11 Å². The lowest BCUT2D eigenvalue weighted by molar-refractivity contribution is 0.164. The van der Waals surface area contributed by atoms with E-state index in [-0.39, 0.29) is 12.1 Å². The minimum Gasteiger partial charge on any atom is -0.394 e. The largest absolute Gasteiger partial charge is 0.394 e. The Balaban J connectivity index is 2.28. The molecule has 0 saturated carbocycles. The molecular weight excluding hydrogens is 190 g/mol. The molecule has 1 aromatic rings. The van der Waals surface area contributed by atoms with Crippen LogP contribution in [0.1, 0.15) is 26.7 Å². The number of likely N-dealkylation sites (N-methyl/N-ethyl adjacent to an activating group) is 1. The van der Waals surface area contributed by atoms with E-state index in [4.69, 9.17) is 0 Å². The molecule has 0 amide bonds. The van der Waals surface area contributed by atoms with E-state index >= 15 is 0 Å². The summed E-state index contributed by atoms with van der Waals surface area (Å²) >= 11 is 0. The van der Waals surface area contributed by atoms with Crippen molar-refractivity contribution in [2.45, 2.75) is 38.8 Å². The molecule has 0 aliphatic heterocycles. The van der Waals surface area contributed by atoms with Crippen LogP contribution in [0.25, 0.3) is 0 Å². The summed E-state index contributed by atoms with van der Waals surface area (Å²) in [5.74, 6) is 0. The van der Waals surface area contributed by atoms with E-state index < -0.39 is 0 Å². The van der Waals surface area contributed by atoms with Gasteiger partial charge in [0.1, 0.15) is 0 Å². The van der Waals surface area contributed by atoms with E-state index in [1.165, 1.54) is 0 Å². The van der Waals surface area contributed by atoms with E-state index in [0.29, 0.717) is 0 Å². The van der Waals surface area contributed by atoms with Crippen LogP contribution < -0.4 is 5.32 Å². The van der Waals surface area contributed by atoms with Crippen LogP contribution in [0.2, 0.25) is 0 Å². The minimum atomic E-state index is -0.144. The number of aliphatic hydroxyl groups excluding tert-OH is 1. The van der Waals surface area contributed by atoms with Gasteiger partial charge in [-0.05, 0) is 26.3 Å². The zero-order chi connectivity index (χ0) is 11.1. The first-order valence-electron chi connectivity index (χ1n) is 5.52. The summed E-state index contributed by atoms with van der Waals surface area (Å²) < 4.78 is 2.06. The lowest BCUT2D eigenvalue weighted by Gasteiger charge is -2.28. The molecule has 1 atom stereocenters. The van der Waals surface area contributed by atoms with Crippen LogP contribution in [0.15, 0.2) is 18.7 Å². The summed E-state index contributed by atoms with van der Waals surface area (Å²) in [6.07, 6.45) is 7.58. The van der Waals surface area contributed by atoms with Crippen molar-refractivity contribution in [2.24, 2.45) is 0 Å². The third-order valence-corrected chi connectivity index (χ3v) is 2.66. The van der Waals surface area contributed by atoms with E-state index in [2.05, 4.69) is 28.7 Å². The molecule has 15 heavy (non-hydrogen) atoms. The van der Waals surface area contributed by atoms with Crippen LogP contribution in [-0.4, -0.2) is 33.3 Å². The molecule has 0 aromatic carbocycles. The molecule has 0 aliphatic carbocycles. The van der Waals surface area contributed by atoms with Gasteiger partial charge in [0.05, 0.1) is 12.9 Å². The van der Waals surface area contributed by atoms with E-state index in [1.54, 1.807) is 6.20 Å². The number of nitrogens with zero attached hydrogens (tertiary/aromatic N) is 2. The van der Waals surface area contributed by atoms with Gasteiger partial charge in [0.25, 0.3) is 0 Å². The SMILES string of the molecule is CCNC(C)(CO)CCCn1ccnc1. The fourth-order valence-corrected chi connectivity index (χ4v) is 1.72. The summed E-state index contributed by atoms with van der Waals surface area (Å²) in [5.41, 5.74) is -0.144. The molecule has 0 aliphatic rings. The first kappa shape index (κ1) is 12.2.